The van der Waals surface area contributed by atoms with Crippen molar-refractivity contribution < 1.29 is 22.7 Å². The maximum atomic E-state index is 12.8. The summed E-state index contributed by atoms with van der Waals surface area (Å²) in [4.78, 5) is 0. The topological polar surface area (TPSA) is 20.2 Å². The zero-order valence-electron chi connectivity index (χ0n) is 8.31. The Bertz CT molecular complexity index is 407. The fourth-order valence-corrected chi connectivity index (χ4v) is 1.64. The largest absolute Gasteiger partial charge is 0.416 e. The normalized spacial score (nSPS) is 18.6. The molecule has 0 aromatic heterocycles. The van der Waals surface area contributed by atoms with Gasteiger partial charge in [0.2, 0.25) is 0 Å². The van der Waals surface area contributed by atoms with Gasteiger partial charge in [-0.25, -0.2) is 4.39 Å². The molecule has 2 rings (SSSR count). The number of hydrogen-bond donors (Lipinski definition) is 1. The number of benzene rings is 1. The Morgan fingerprint density at radius 3 is 2.38 bits per heavy atom. The first-order valence-electron chi connectivity index (χ1n) is 4.88. The van der Waals surface area contributed by atoms with Crippen molar-refractivity contribution in [3.05, 3.63) is 35.1 Å². The molecule has 1 N–H and O–H groups in total. The summed E-state index contributed by atoms with van der Waals surface area (Å²) in [6.07, 6.45) is -3.64. The lowest BCUT2D eigenvalue weighted by Gasteiger charge is -2.15. The van der Waals surface area contributed by atoms with Crippen molar-refractivity contribution in [3.8, 4) is 0 Å². The second kappa shape index (κ2) is 3.45. The smallest absolute Gasteiger partial charge is 0.390 e. The summed E-state index contributed by atoms with van der Waals surface area (Å²) in [5.41, 5.74) is -2.06. The van der Waals surface area contributed by atoms with Gasteiger partial charge in [0.15, 0.2) is 0 Å². The predicted octanol–water partition coefficient (Wildman–Crippen LogP) is 2.91. The van der Waals surface area contributed by atoms with Gasteiger partial charge in [-0.2, -0.15) is 13.2 Å². The third-order valence-corrected chi connectivity index (χ3v) is 2.72. The molecule has 0 spiro atoms. The highest BCUT2D eigenvalue weighted by molar-refractivity contribution is 5.32. The Kier molecular flexibility index (Phi) is 2.45. The van der Waals surface area contributed by atoms with Crippen molar-refractivity contribution in [1.29, 1.82) is 0 Å². The molecule has 1 aromatic rings. The average molecular weight is 234 g/mol. The second-order valence-corrected chi connectivity index (χ2v) is 4.20. The molecule has 1 aliphatic rings. The lowest BCUT2D eigenvalue weighted by atomic mass is 10.00. The van der Waals surface area contributed by atoms with Gasteiger partial charge < -0.3 is 5.11 Å². The Labute approximate surface area is 89.7 Å². The van der Waals surface area contributed by atoms with Crippen LogP contribution in [0.15, 0.2) is 18.2 Å². The first kappa shape index (κ1) is 11.4. The fourth-order valence-electron chi connectivity index (χ4n) is 1.64. The third kappa shape index (κ3) is 2.35. The van der Waals surface area contributed by atoms with Crippen LogP contribution in [-0.2, 0) is 12.6 Å². The van der Waals surface area contributed by atoms with E-state index >= 15 is 0 Å². The molecule has 1 aliphatic carbocycles. The van der Waals surface area contributed by atoms with Gasteiger partial charge in [0.05, 0.1) is 11.2 Å². The molecule has 1 aromatic carbocycles. The minimum absolute atomic E-state index is 0.0473. The summed E-state index contributed by atoms with van der Waals surface area (Å²) in [6, 6.07) is 2.55. The lowest BCUT2D eigenvalue weighted by molar-refractivity contribution is -0.138. The van der Waals surface area contributed by atoms with E-state index in [-0.39, 0.29) is 12.0 Å². The molecule has 0 heterocycles. The van der Waals surface area contributed by atoms with E-state index in [9.17, 15) is 22.7 Å². The first-order valence-corrected chi connectivity index (χ1v) is 4.88. The highest BCUT2D eigenvalue weighted by atomic mass is 19.4. The summed E-state index contributed by atoms with van der Waals surface area (Å²) >= 11 is 0. The average Bonchev–Trinajstić information content (AvgIpc) is 2.85. The molecule has 0 radical (unpaired) electrons. The van der Waals surface area contributed by atoms with Crippen LogP contribution in [0.4, 0.5) is 17.6 Å². The number of aliphatic hydroxyl groups is 1. The third-order valence-electron chi connectivity index (χ3n) is 2.72. The van der Waals surface area contributed by atoms with Gasteiger partial charge in [0, 0.05) is 6.42 Å². The van der Waals surface area contributed by atoms with Gasteiger partial charge in [0.25, 0.3) is 0 Å². The van der Waals surface area contributed by atoms with Gasteiger partial charge in [0.1, 0.15) is 5.82 Å². The highest BCUT2D eigenvalue weighted by Gasteiger charge is 2.43. The van der Waals surface area contributed by atoms with Crippen LogP contribution >= 0.6 is 0 Å². The minimum Gasteiger partial charge on any atom is -0.390 e. The van der Waals surface area contributed by atoms with Crippen LogP contribution in [0.3, 0.4) is 0 Å². The summed E-state index contributed by atoms with van der Waals surface area (Å²) < 4.78 is 50.5. The summed E-state index contributed by atoms with van der Waals surface area (Å²) in [6.45, 7) is 0. The van der Waals surface area contributed by atoms with Crippen molar-refractivity contribution >= 4 is 0 Å². The number of hydrogen-bond acceptors (Lipinski definition) is 1. The van der Waals surface area contributed by atoms with Crippen LogP contribution < -0.4 is 0 Å². The zero-order valence-corrected chi connectivity index (χ0v) is 8.31. The van der Waals surface area contributed by atoms with E-state index < -0.39 is 23.2 Å². The van der Waals surface area contributed by atoms with Crippen LogP contribution in [-0.4, -0.2) is 10.7 Å². The number of halogens is 4. The van der Waals surface area contributed by atoms with E-state index in [1.54, 1.807) is 0 Å². The Hall–Kier alpha value is -1.10. The van der Waals surface area contributed by atoms with Crippen molar-refractivity contribution in [3.63, 3.8) is 0 Å². The predicted molar refractivity (Wildman–Crippen MR) is 49.3 cm³/mol. The molecular weight excluding hydrogens is 224 g/mol. The molecule has 1 saturated carbocycles. The van der Waals surface area contributed by atoms with E-state index in [0.29, 0.717) is 18.9 Å². The Morgan fingerprint density at radius 1 is 1.25 bits per heavy atom. The van der Waals surface area contributed by atoms with Crippen LogP contribution in [0.2, 0.25) is 0 Å². The first-order chi connectivity index (χ1) is 7.30. The van der Waals surface area contributed by atoms with Gasteiger partial charge >= 0.3 is 6.18 Å². The second-order valence-electron chi connectivity index (χ2n) is 4.20. The molecule has 1 fully saturated rings. The van der Waals surface area contributed by atoms with Gasteiger partial charge in [-0.3, -0.25) is 0 Å². The van der Waals surface area contributed by atoms with E-state index in [1.165, 1.54) is 0 Å². The van der Waals surface area contributed by atoms with Crippen LogP contribution in [0, 0.1) is 5.82 Å². The van der Waals surface area contributed by atoms with E-state index in [2.05, 4.69) is 0 Å². The Morgan fingerprint density at radius 2 is 1.88 bits per heavy atom. The standard InChI is InChI=1S/C11H10F4O/c12-8-2-1-7(6-10(16)3-4-10)9(5-8)11(13,14)15/h1-2,5,16H,3-4,6H2. The molecule has 1 nitrogen and oxygen atoms in total. The van der Waals surface area contributed by atoms with E-state index in [4.69, 9.17) is 0 Å². The van der Waals surface area contributed by atoms with Gasteiger partial charge in [-0.15, -0.1) is 0 Å². The molecular formula is C11H10F4O. The van der Waals surface area contributed by atoms with Crippen LogP contribution in [0.1, 0.15) is 24.0 Å². The molecule has 5 heteroatoms. The van der Waals surface area contributed by atoms with Gasteiger partial charge in [-0.05, 0) is 30.5 Å². The van der Waals surface area contributed by atoms with Gasteiger partial charge in [-0.1, -0.05) is 6.07 Å². The van der Waals surface area contributed by atoms with Crippen molar-refractivity contribution in [2.24, 2.45) is 0 Å². The quantitative estimate of drug-likeness (QED) is 0.780. The molecule has 0 bridgehead atoms. The number of alkyl halides is 3. The SMILES string of the molecule is OC1(Cc2ccc(F)cc2C(F)(F)F)CC1. The monoisotopic (exact) mass is 234 g/mol. The molecule has 0 atom stereocenters. The fraction of sp³-hybridized carbons (Fsp3) is 0.455. The molecule has 0 unspecified atom stereocenters. The molecule has 88 valence electrons. The summed E-state index contributed by atoms with van der Waals surface area (Å²) in [5, 5.41) is 9.58. The molecule has 0 saturated heterocycles. The molecule has 0 amide bonds. The zero-order chi connectivity index (χ0) is 12.0. The van der Waals surface area contributed by atoms with Crippen molar-refractivity contribution in [2.75, 3.05) is 0 Å². The summed E-state index contributed by atoms with van der Waals surface area (Å²) in [5.74, 6) is -0.918. The number of rotatable bonds is 2. The Balaban J connectivity index is 2.36. The van der Waals surface area contributed by atoms with Crippen molar-refractivity contribution in [2.45, 2.75) is 31.0 Å². The summed E-state index contributed by atoms with van der Waals surface area (Å²) in [7, 11) is 0. The minimum atomic E-state index is -4.58. The highest BCUT2D eigenvalue weighted by Crippen LogP contribution is 2.41. The van der Waals surface area contributed by atoms with Crippen LogP contribution in [0.5, 0.6) is 0 Å². The van der Waals surface area contributed by atoms with Crippen molar-refractivity contribution in [1.82, 2.24) is 0 Å². The van der Waals surface area contributed by atoms with Crippen LogP contribution in [0.25, 0.3) is 0 Å². The maximum absolute atomic E-state index is 12.8. The maximum Gasteiger partial charge on any atom is 0.416 e. The van der Waals surface area contributed by atoms with E-state index in [1.807, 2.05) is 0 Å². The molecule has 16 heavy (non-hydrogen) atoms. The van der Waals surface area contributed by atoms with E-state index in [0.717, 1.165) is 12.1 Å². The lowest BCUT2D eigenvalue weighted by Crippen LogP contribution is -2.16. The molecule has 0 aliphatic heterocycles.